The highest BCUT2D eigenvalue weighted by Crippen LogP contribution is 2.14. The molecule has 1 aromatic heterocycles. The number of para-hydroxylation sites is 2. The molecule has 0 aliphatic rings. The van der Waals surface area contributed by atoms with Crippen LogP contribution in [0.4, 0.5) is 5.82 Å². The number of rotatable bonds is 1. The second-order valence-electron chi connectivity index (χ2n) is 3.07. The lowest BCUT2D eigenvalue weighted by Gasteiger charge is -2.03. The summed E-state index contributed by atoms with van der Waals surface area (Å²) in [7, 11) is 0. The first kappa shape index (κ1) is 8.62. The van der Waals surface area contributed by atoms with Gasteiger partial charge in [-0.15, -0.1) is 0 Å². The average Bonchev–Trinajstić information content (AvgIpc) is 2.16. The Hall–Kier alpha value is -1.97. The fraction of sp³-hybridized carbons (Fsp3) is 0.100. The van der Waals surface area contributed by atoms with Crippen molar-refractivity contribution in [3.05, 3.63) is 30.0 Å². The summed E-state index contributed by atoms with van der Waals surface area (Å²) >= 11 is 0. The number of nitrogens with one attached hydrogen (secondary N) is 1. The molecule has 0 aliphatic heterocycles. The summed E-state index contributed by atoms with van der Waals surface area (Å²) in [4.78, 5) is 8.43. The van der Waals surface area contributed by atoms with E-state index in [0.29, 0.717) is 17.2 Å². The van der Waals surface area contributed by atoms with Crippen molar-refractivity contribution >= 4 is 22.6 Å². The number of nitrogen functional groups attached to an aromatic ring is 1. The topological polar surface area (TPSA) is 75.7 Å². The number of fused-ring (bicyclic) bond motifs is 1. The van der Waals surface area contributed by atoms with E-state index in [4.69, 9.17) is 11.1 Å². The predicted octanol–water partition coefficient (Wildman–Crippen LogP) is 1.60. The van der Waals surface area contributed by atoms with Gasteiger partial charge in [-0.25, -0.2) is 9.97 Å². The van der Waals surface area contributed by atoms with Gasteiger partial charge in [0.15, 0.2) is 5.82 Å². The van der Waals surface area contributed by atoms with E-state index in [1.807, 2.05) is 24.3 Å². The van der Waals surface area contributed by atoms with Gasteiger partial charge >= 0.3 is 0 Å². The molecule has 0 aliphatic carbocycles. The number of nitrogens with two attached hydrogens (primary N) is 1. The Morgan fingerprint density at radius 2 is 1.79 bits per heavy atom. The SMILES string of the molecule is CC(=N)c1nc2ccccc2nc1N. The van der Waals surface area contributed by atoms with Gasteiger partial charge in [0.2, 0.25) is 0 Å². The molecule has 0 bridgehead atoms. The maximum Gasteiger partial charge on any atom is 0.152 e. The molecular weight excluding hydrogens is 176 g/mol. The van der Waals surface area contributed by atoms with E-state index in [1.54, 1.807) is 6.92 Å². The maximum atomic E-state index is 7.47. The summed E-state index contributed by atoms with van der Waals surface area (Å²) in [6.07, 6.45) is 0. The number of nitrogens with zero attached hydrogens (tertiary/aromatic N) is 2. The first-order chi connectivity index (χ1) is 6.68. The molecule has 1 heterocycles. The second kappa shape index (κ2) is 3.06. The lowest BCUT2D eigenvalue weighted by Crippen LogP contribution is -2.05. The number of hydrogen-bond donors (Lipinski definition) is 2. The van der Waals surface area contributed by atoms with Crippen molar-refractivity contribution in [1.29, 1.82) is 5.41 Å². The molecule has 0 radical (unpaired) electrons. The molecule has 2 rings (SSSR count). The van der Waals surface area contributed by atoms with Crippen LogP contribution in [0.2, 0.25) is 0 Å². The first-order valence-electron chi connectivity index (χ1n) is 4.26. The maximum absolute atomic E-state index is 7.47. The van der Waals surface area contributed by atoms with E-state index < -0.39 is 0 Å². The third-order valence-electron chi connectivity index (χ3n) is 1.95. The highest BCUT2D eigenvalue weighted by atomic mass is 14.9. The molecule has 0 spiro atoms. The molecule has 3 N–H and O–H groups in total. The molecule has 0 atom stereocenters. The Bertz CT molecular complexity index is 504. The van der Waals surface area contributed by atoms with Crippen molar-refractivity contribution in [1.82, 2.24) is 9.97 Å². The summed E-state index contributed by atoms with van der Waals surface area (Å²) in [5.41, 5.74) is 8.00. The zero-order valence-corrected chi connectivity index (χ0v) is 7.78. The van der Waals surface area contributed by atoms with Crippen LogP contribution >= 0.6 is 0 Å². The van der Waals surface area contributed by atoms with Crippen molar-refractivity contribution in [2.45, 2.75) is 6.92 Å². The van der Waals surface area contributed by atoms with Crippen LogP contribution in [-0.2, 0) is 0 Å². The van der Waals surface area contributed by atoms with Crippen LogP contribution in [0.3, 0.4) is 0 Å². The van der Waals surface area contributed by atoms with Gasteiger partial charge in [-0.3, -0.25) is 0 Å². The highest BCUT2D eigenvalue weighted by Gasteiger charge is 2.06. The number of anilines is 1. The molecule has 0 saturated carbocycles. The summed E-state index contributed by atoms with van der Waals surface area (Å²) in [6, 6.07) is 7.47. The van der Waals surface area contributed by atoms with Crippen LogP contribution in [0.1, 0.15) is 12.6 Å². The van der Waals surface area contributed by atoms with Gasteiger partial charge in [-0.1, -0.05) is 12.1 Å². The Balaban J connectivity index is 2.77. The van der Waals surface area contributed by atoms with E-state index in [2.05, 4.69) is 9.97 Å². The number of aromatic nitrogens is 2. The van der Waals surface area contributed by atoms with Gasteiger partial charge in [-0.2, -0.15) is 0 Å². The highest BCUT2D eigenvalue weighted by molar-refractivity contribution is 5.99. The quantitative estimate of drug-likeness (QED) is 0.664. The Labute approximate surface area is 81.3 Å². The molecule has 4 nitrogen and oxygen atoms in total. The van der Waals surface area contributed by atoms with Gasteiger partial charge in [0, 0.05) is 0 Å². The summed E-state index contributed by atoms with van der Waals surface area (Å²) in [5.74, 6) is 0.316. The molecule has 4 heteroatoms. The van der Waals surface area contributed by atoms with Crippen molar-refractivity contribution in [3.8, 4) is 0 Å². The van der Waals surface area contributed by atoms with E-state index in [0.717, 1.165) is 11.0 Å². The van der Waals surface area contributed by atoms with Crippen LogP contribution in [0.15, 0.2) is 24.3 Å². The molecule has 70 valence electrons. The van der Waals surface area contributed by atoms with E-state index in [-0.39, 0.29) is 0 Å². The minimum absolute atomic E-state index is 0.316. The first-order valence-corrected chi connectivity index (χ1v) is 4.26. The summed E-state index contributed by atoms with van der Waals surface area (Å²) in [6.45, 7) is 1.65. The molecule has 14 heavy (non-hydrogen) atoms. The molecule has 0 unspecified atom stereocenters. The third kappa shape index (κ3) is 1.31. The van der Waals surface area contributed by atoms with Gasteiger partial charge in [0.05, 0.1) is 16.7 Å². The molecule has 1 aromatic carbocycles. The molecular formula is C10H10N4. The van der Waals surface area contributed by atoms with Gasteiger partial charge in [-0.05, 0) is 19.1 Å². The third-order valence-corrected chi connectivity index (χ3v) is 1.95. The standard InChI is InChI=1S/C10H10N4/c1-6(11)9-10(12)14-8-5-3-2-4-7(8)13-9/h2-5,11H,1H3,(H2,12,14). The van der Waals surface area contributed by atoms with Crippen LogP contribution in [0, 0.1) is 5.41 Å². The Morgan fingerprint density at radius 3 is 2.36 bits per heavy atom. The zero-order valence-electron chi connectivity index (χ0n) is 7.78. The fourth-order valence-electron chi connectivity index (χ4n) is 1.29. The van der Waals surface area contributed by atoms with Crippen molar-refractivity contribution in [3.63, 3.8) is 0 Å². The van der Waals surface area contributed by atoms with E-state index in [1.165, 1.54) is 0 Å². The van der Waals surface area contributed by atoms with E-state index >= 15 is 0 Å². The minimum Gasteiger partial charge on any atom is -0.382 e. The largest absolute Gasteiger partial charge is 0.382 e. The van der Waals surface area contributed by atoms with Crippen molar-refractivity contribution in [2.24, 2.45) is 0 Å². The predicted molar refractivity (Wildman–Crippen MR) is 56.5 cm³/mol. The second-order valence-corrected chi connectivity index (χ2v) is 3.07. The van der Waals surface area contributed by atoms with Crippen LogP contribution < -0.4 is 5.73 Å². The van der Waals surface area contributed by atoms with Crippen molar-refractivity contribution < 1.29 is 0 Å². The van der Waals surface area contributed by atoms with Gasteiger partial charge < -0.3 is 11.1 Å². The van der Waals surface area contributed by atoms with E-state index in [9.17, 15) is 0 Å². The summed E-state index contributed by atoms with van der Waals surface area (Å²) in [5, 5.41) is 7.47. The summed E-state index contributed by atoms with van der Waals surface area (Å²) < 4.78 is 0. The minimum atomic E-state index is 0.316. The normalized spacial score (nSPS) is 10.4. The molecule has 2 aromatic rings. The zero-order chi connectivity index (χ0) is 10.1. The monoisotopic (exact) mass is 186 g/mol. The van der Waals surface area contributed by atoms with Crippen LogP contribution in [0.5, 0.6) is 0 Å². The lowest BCUT2D eigenvalue weighted by molar-refractivity contribution is 1.25. The van der Waals surface area contributed by atoms with Crippen LogP contribution in [0.25, 0.3) is 11.0 Å². The molecule has 0 saturated heterocycles. The number of hydrogen-bond acceptors (Lipinski definition) is 4. The fourth-order valence-corrected chi connectivity index (χ4v) is 1.29. The van der Waals surface area contributed by atoms with Crippen LogP contribution in [-0.4, -0.2) is 15.7 Å². The number of benzene rings is 1. The Morgan fingerprint density at radius 1 is 1.21 bits per heavy atom. The molecule has 0 fully saturated rings. The van der Waals surface area contributed by atoms with Gasteiger partial charge in [0.1, 0.15) is 5.69 Å². The van der Waals surface area contributed by atoms with Gasteiger partial charge in [0.25, 0.3) is 0 Å². The smallest absolute Gasteiger partial charge is 0.152 e. The average molecular weight is 186 g/mol. The lowest BCUT2D eigenvalue weighted by atomic mass is 10.2. The Kier molecular flexibility index (Phi) is 1.89. The molecule has 0 amide bonds. The van der Waals surface area contributed by atoms with Crippen molar-refractivity contribution in [2.75, 3.05) is 5.73 Å².